The Morgan fingerprint density at radius 1 is 1.07 bits per heavy atom. The summed E-state index contributed by atoms with van der Waals surface area (Å²) in [4.78, 5) is 8.65. The summed E-state index contributed by atoms with van der Waals surface area (Å²) >= 11 is 3.54. The van der Waals surface area contributed by atoms with Gasteiger partial charge in [0.05, 0.1) is 12.6 Å². The molecule has 0 bridgehead atoms. The number of aliphatic hydroxyl groups excluding tert-OH is 1. The average molecular weight is 446 g/mol. The molecule has 3 rings (SSSR count). The number of aromatic hydroxyl groups is 1. The lowest BCUT2D eigenvalue weighted by atomic mass is 10.0. The van der Waals surface area contributed by atoms with Crippen LogP contribution in [0.5, 0.6) is 11.5 Å². The number of aromatic nitrogens is 2. The number of unbranched alkanes of at least 4 members (excludes halogenated alkanes) is 3. The Morgan fingerprint density at radius 2 is 1.89 bits per heavy atom. The Bertz CT molecular complexity index is 950. The lowest BCUT2D eigenvalue weighted by Crippen LogP contribution is -2.00. The molecule has 0 aliphatic carbocycles. The molecule has 0 radical (unpaired) electrons. The van der Waals surface area contributed by atoms with Crippen LogP contribution in [0.25, 0.3) is 10.9 Å². The van der Waals surface area contributed by atoms with Gasteiger partial charge in [0.1, 0.15) is 12.1 Å². The SMILES string of the molecule is COc1cc2ncnc(Nc3cc(Br)ccc3CCCCCCO)c2cc1O. The number of nitrogens with zero attached hydrogens (tertiary/aromatic N) is 2. The summed E-state index contributed by atoms with van der Waals surface area (Å²) in [6, 6.07) is 9.47. The highest BCUT2D eigenvalue weighted by Crippen LogP contribution is 2.34. The number of nitrogens with one attached hydrogen (secondary N) is 1. The zero-order valence-electron chi connectivity index (χ0n) is 15.8. The van der Waals surface area contributed by atoms with Crippen molar-refractivity contribution in [3.8, 4) is 11.5 Å². The first-order valence-electron chi connectivity index (χ1n) is 9.30. The molecule has 0 spiro atoms. The van der Waals surface area contributed by atoms with Crippen molar-refractivity contribution in [2.75, 3.05) is 19.0 Å². The van der Waals surface area contributed by atoms with Gasteiger partial charge >= 0.3 is 0 Å². The third kappa shape index (κ3) is 4.91. The highest BCUT2D eigenvalue weighted by Gasteiger charge is 2.12. The first-order valence-corrected chi connectivity index (χ1v) is 10.1. The Kier molecular flexibility index (Phi) is 7.06. The third-order valence-electron chi connectivity index (χ3n) is 4.62. The number of hydrogen-bond acceptors (Lipinski definition) is 6. The van der Waals surface area contributed by atoms with Crippen molar-refractivity contribution in [1.82, 2.24) is 9.97 Å². The molecule has 0 aliphatic rings. The predicted octanol–water partition coefficient (Wildman–Crippen LogP) is 4.95. The maximum Gasteiger partial charge on any atom is 0.162 e. The minimum atomic E-state index is 0.0474. The van der Waals surface area contributed by atoms with Gasteiger partial charge in [-0.05, 0) is 43.0 Å². The second-order valence-electron chi connectivity index (χ2n) is 6.58. The van der Waals surface area contributed by atoms with E-state index in [0.717, 1.165) is 47.7 Å². The van der Waals surface area contributed by atoms with E-state index in [2.05, 4.69) is 37.3 Å². The fourth-order valence-corrected chi connectivity index (χ4v) is 3.49. The molecule has 0 aliphatic heterocycles. The molecule has 2 aromatic carbocycles. The molecular formula is C21H24BrN3O3. The second kappa shape index (κ2) is 9.71. The number of benzene rings is 2. The van der Waals surface area contributed by atoms with Crippen molar-refractivity contribution in [1.29, 1.82) is 0 Å². The van der Waals surface area contributed by atoms with Crippen LogP contribution in [0.3, 0.4) is 0 Å². The molecule has 7 heteroatoms. The monoisotopic (exact) mass is 445 g/mol. The maximum atomic E-state index is 10.2. The Labute approximate surface area is 172 Å². The van der Waals surface area contributed by atoms with Crippen LogP contribution in [0.1, 0.15) is 31.2 Å². The smallest absolute Gasteiger partial charge is 0.162 e. The summed E-state index contributed by atoms with van der Waals surface area (Å²) in [5.74, 6) is 1.05. The number of anilines is 2. The number of ether oxygens (including phenoxy) is 1. The molecule has 1 aromatic heterocycles. The number of phenolic OH excluding ortho intramolecular Hbond substituents is 1. The number of hydrogen-bond donors (Lipinski definition) is 3. The Balaban J connectivity index is 1.87. The van der Waals surface area contributed by atoms with E-state index < -0.39 is 0 Å². The summed E-state index contributed by atoms with van der Waals surface area (Å²) in [6.45, 7) is 0.253. The molecule has 0 fully saturated rings. The molecule has 0 unspecified atom stereocenters. The van der Waals surface area contributed by atoms with E-state index in [1.165, 1.54) is 19.0 Å². The van der Waals surface area contributed by atoms with Crippen molar-refractivity contribution >= 4 is 38.3 Å². The van der Waals surface area contributed by atoms with Crippen LogP contribution >= 0.6 is 15.9 Å². The van der Waals surface area contributed by atoms with Crippen LogP contribution in [-0.2, 0) is 6.42 Å². The van der Waals surface area contributed by atoms with Gasteiger partial charge in [-0.1, -0.05) is 34.8 Å². The highest BCUT2D eigenvalue weighted by molar-refractivity contribution is 9.10. The van der Waals surface area contributed by atoms with Crippen molar-refractivity contribution in [3.05, 3.63) is 46.7 Å². The first-order chi connectivity index (χ1) is 13.6. The molecule has 0 atom stereocenters. The summed E-state index contributed by atoms with van der Waals surface area (Å²) in [5.41, 5.74) is 2.84. The Morgan fingerprint density at radius 3 is 2.68 bits per heavy atom. The topological polar surface area (TPSA) is 87.5 Å². The molecule has 148 valence electrons. The van der Waals surface area contributed by atoms with E-state index in [1.807, 2.05) is 12.1 Å². The normalized spacial score (nSPS) is 11.0. The van der Waals surface area contributed by atoms with Gasteiger partial charge in [-0.3, -0.25) is 0 Å². The van der Waals surface area contributed by atoms with Gasteiger partial charge in [0, 0.05) is 28.2 Å². The van der Waals surface area contributed by atoms with Gasteiger partial charge in [-0.15, -0.1) is 0 Å². The van der Waals surface area contributed by atoms with Gasteiger partial charge < -0.3 is 20.3 Å². The van der Waals surface area contributed by atoms with Gasteiger partial charge in [-0.2, -0.15) is 0 Å². The van der Waals surface area contributed by atoms with Crippen molar-refractivity contribution in [3.63, 3.8) is 0 Å². The van der Waals surface area contributed by atoms with Crippen molar-refractivity contribution in [2.45, 2.75) is 32.1 Å². The van der Waals surface area contributed by atoms with E-state index in [0.29, 0.717) is 17.1 Å². The molecular weight excluding hydrogens is 422 g/mol. The lowest BCUT2D eigenvalue weighted by molar-refractivity contribution is 0.282. The summed E-state index contributed by atoms with van der Waals surface area (Å²) in [6.07, 6.45) is 6.45. The van der Waals surface area contributed by atoms with Crippen LogP contribution in [0.2, 0.25) is 0 Å². The van der Waals surface area contributed by atoms with Crippen LogP contribution in [0.15, 0.2) is 41.1 Å². The number of rotatable bonds is 9. The fraction of sp³-hybridized carbons (Fsp3) is 0.333. The zero-order chi connectivity index (χ0) is 19.9. The number of methoxy groups -OCH3 is 1. The molecule has 0 amide bonds. The number of phenols is 1. The molecule has 0 saturated heterocycles. The highest BCUT2D eigenvalue weighted by atomic mass is 79.9. The lowest BCUT2D eigenvalue weighted by Gasteiger charge is -2.14. The van der Waals surface area contributed by atoms with E-state index in [-0.39, 0.29) is 12.4 Å². The van der Waals surface area contributed by atoms with Gasteiger partial charge in [0.15, 0.2) is 11.5 Å². The van der Waals surface area contributed by atoms with Gasteiger partial charge in [0.2, 0.25) is 0 Å². The number of aryl methyl sites for hydroxylation is 1. The fourth-order valence-electron chi connectivity index (χ4n) is 3.13. The molecule has 3 aromatic rings. The molecule has 0 saturated carbocycles. The van der Waals surface area contributed by atoms with E-state index >= 15 is 0 Å². The Hall–Kier alpha value is -2.38. The predicted molar refractivity (Wildman–Crippen MR) is 114 cm³/mol. The number of aliphatic hydroxyl groups is 1. The molecule has 28 heavy (non-hydrogen) atoms. The number of fused-ring (bicyclic) bond motifs is 1. The van der Waals surface area contributed by atoms with Gasteiger partial charge in [-0.25, -0.2) is 9.97 Å². The quantitative estimate of drug-likeness (QED) is 0.404. The van der Waals surface area contributed by atoms with Crippen LogP contribution in [0, 0.1) is 0 Å². The van der Waals surface area contributed by atoms with Crippen LogP contribution < -0.4 is 10.1 Å². The van der Waals surface area contributed by atoms with Gasteiger partial charge in [0.25, 0.3) is 0 Å². The minimum absolute atomic E-state index is 0.0474. The number of halogens is 1. The van der Waals surface area contributed by atoms with E-state index in [4.69, 9.17) is 9.84 Å². The largest absolute Gasteiger partial charge is 0.504 e. The average Bonchev–Trinajstić information content (AvgIpc) is 2.69. The van der Waals surface area contributed by atoms with Crippen LogP contribution in [-0.4, -0.2) is 33.9 Å². The summed E-state index contributed by atoms with van der Waals surface area (Å²) in [7, 11) is 1.51. The summed E-state index contributed by atoms with van der Waals surface area (Å²) in [5, 5.41) is 23.2. The standard InChI is InChI=1S/C21H24BrN3O3/c1-28-20-12-18-16(11-19(20)27)21(24-13-23-18)25-17-10-15(22)8-7-14(17)6-4-2-3-5-9-26/h7-8,10-13,26-27H,2-6,9H2,1H3,(H,23,24,25). The maximum absolute atomic E-state index is 10.2. The minimum Gasteiger partial charge on any atom is -0.504 e. The second-order valence-corrected chi connectivity index (χ2v) is 7.49. The van der Waals surface area contributed by atoms with E-state index in [1.54, 1.807) is 12.1 Å². The first kappa shape index (κ1) is 20.4. The zero-order valence-corrected chi connectivity index (χ0v) is 17.4. The van der Waals surface area contributed by atoms with Crippen molar-refractivity contribution < 1.29 is 14.9 Å². The molecule has 1 heterocycles. The van der Waals surface area contributed by atoms with Crippen molar-refractivity contribution in [2.24, 2.45) is 0 Å². The summed E-state index contributed by atoms with van der Waals surface area (Å²) < 4.78 is 6.14. The van der Waals surface area contributed by atoms with Crippen LogP contribution in [0.4, 0.5) is 11.5 Å². The third-order valence-corrected chi connectivity index (χ3v) is 5.11. The molecule has 6 nitrogen and oxygen atoms in total. The molecule has 3 N–H and O–H groups in total. The van der Waals surface area contributed by atoms with E-state index in [9.17, 15) is 5.11 Å².